The molecule has 0 aromatic heterocycles. The molecule has 2 aliphatic rings. The van der Waals surface area contributed by atoms with E-state index in [1.54, 1.807) is 0 Å². The molecule has 1 nitrogen and oxygen atoms in total. The predicted octanol–water partition coefficient (Wildman–Crippen LogP) is 3.15. The van der Waals surface area contributed by atoms with Crippen molar-refractivity contribution in [1.82, 2.24) is 5.32 Å². The first kappa shape index (κ1) is 12.1. The van der Waals surface area contributed by atoms with Crippen molar-refractivity contribution in [1.29, 1.82) is 0 Å². The van der Waals surface area contributed by atoms with Crippen molar-refractivity contribution in [3.8, 4) is 0 Å². The van der Waals surface area contributed by atoms with Gasteiger partial charge in [0.15, 0.2) is 0 Å². The predicted molar refractivity (Wildman–Crippen MR) is 73.1 cm³/mol. The lowest BCUT2D eigenvalue weighted by Gasteiger charge is -2.23. The summed E-state index contributed by atoms with van der Waals surface area (Å²) >= 11 is 4.27. The topological polar surface area (TPSA) is 12.0 Å². The molecule has 0 atom stereocenters. The molecular weight excluding hydrogens is 222 g/mol. The first-order valence-electron chi connectivity index (χ1n) is 6.37. The van der Waals surface area contributed by atoms with E-state index in [2.05, 4.69) is 28.8 Å². The van der Waals surface area contributed by atoms with Crippen molar-refractivity contribution in [3.63, 3.8) is 0 Å². The van der Waals surface area contributed by atoms with E-state index in [1.165, 1.54) is 61.5 Å². The van der Waals surface area contributed by atoms with E-state index in [-0.39, 0.29) is 0 Å². The highest BCUT2D eigenvalue weighted by Gasteiger charge is 2.18. The van der Waals surface area contributed by atoms with Crippen molar-refractivity contribution in [2.75, 3.05) is 23.0 Å². The van der Waals surface area contributed by atoms with Crippen LogP contribution >= 0.6 is 23.5 Å². The van der Waals surface area contributed by atoms with Gasteiger partial charge in [-0.2, -0.15) is 23.5 Å². The highest BCUT2D eigenvalue weighted by molar-refractivity contribution is 8.03. The summed E-state index contributed by atoms with van der Waals surface area (Å²) in [7, 11) is 0. The molecule has 0 bridgehead atoms. The third kappa shape index (κ3) is 4.58. The first-order valence-corrected chi connectivity index (χ1v) is 8.67. The zero-order valence-electron chi connectivity index (χ0n) is 9.54. The molecule has 0 radical (unpaired) electrons. The van der Waals surface area contributed by atoms with Crippen LogP contribution in [0.15, 0.2) is 0 Å². The van der Waals surface area contributed by atoms with E-state index in [9.17, 15) is 0 Å². The van der Waals surface area contributed by atoms with Crippen LogP contribution in [0.25, 0.3) is 0 Å². The average molecular weight is 245 g/mol. The maximum Gasteiger partial charge on any atom is 0.0251 e. The molecule has 1 saturated carbocycles. The number of rotatable bonds is 2. The first-order chi connectivity index (χ1) is 7.45. The maximum atomic E-state index is 3.90. The molecular formula is C12H23NS2. The van der Waals surface area contributed by atoms with Gasteiger partial charge in [-0.25, -0.2) is 0 Å². The van der Waals surface area contributed by atoms with Crippen LogP contribution in [-0.2, 0) is 0 Å². The summed E-state index contributed by atoms with van der Waals surface area (Å²) in [5.41, 5.74) is 0. The molecule has 2 fully saturated rings. The van der Waals surface area contributed by atoms with E-state index in [4.69, 9.17) is 0 Å². The zero-order valence-corrected chi connectivity index (χ0v) is 11.2. The lowest BCUT2D eigenvalue weighted by Crippen LogP contribution is -2.40. The Bertz CT molecular complexity index is 141. The van der Waals surface area contributed by atoms with E-state index >= 15 is 0 Å². The van der Waals surface area contributed by atoms with Gasteiger partial charge in [-0.3, -0.25) is 0 Å². The lowest BCUT2D eigenvalue weighted by atomic mass is 10.1. The second-order valence-electron chi connectivity index (χ2n) is 4.70. The monoisotopic (exact) mass is 245 g/mol. The van der Waals surface area contributed by atoms with Crippen molar-refractivity contribution in [2.45, 2.75) is 50.6 Å². The van der Waals surface area contributed by atoms with Gasteiger partial charge in [0.2, 0.25) is 0 Å². The Balaban J connectivity index is 1.73. The van der Waals surface area contributed by atoms with Crippen LogP contribution in [-0.4, -0.2) is 35.1 Å². The Labute approximate surface area is 103 Å². The summed E-state index contributed by atoms with van der Waals surface area (Å²) in [6.07, 6.45) is 8.67. The number of nitrogens with one attached hydrogen (secondary N) is 1. The molecule has 3 heteroatoms. The van der Waals surface area contributed by atoms with Crippen LogP contribution < -0.4 is 5.32 Å². The zero-order chi connectivity index (χ0) is 10.3. The fraction of sp³-hybridized carbons (Fsp3) is 1.00. The van der Waals surface area contributed by atoms with Crippen molar-refractivity contribution < 1.29 is 0 Å². The van der Waals surface area contributed by atoms with Gasteiger partial charge in [-0.05, 0) is 12.8 Å². The van der Waals surface area contributed by atoms with Gasteiger partial charge in [-0.1, -0.05) is 25.7 Å². The summed E-state index contributed by atoms with van der Waals surface area (Å²) in [5.74, 6) is 5.38. The summed E-state index contributed by atoms with van der Waals surface area (Å²) < 4.78 is 0. The Kier molecular flexibility index (Phi) is 5.72. The van der Waals surface area contributed by atoms with Crippen molar-refractivity contribution in [2.24, 2.45) is 0 Å². The minimum Gasteiger partial charge on any atom is -0.310 e. The van der Waals surface area contributed by atoms with E-state index in [0.717, 1.165) is 12.1 Å². The van der Waals surface area contributed by atoms with Crippen molar-refractivity contribution >= 4 is 23.5 Å². The molecule has 0 amide bonds. The van der Waals surface area contributed by atoms with Gasteiger partial charge in [0.05, 0.1) is 0 Å². The Morgan fingerprint density at radius 3 is 1.93 bits per heavy atom. The summed E-state index contributed by atoms with van der Waals surface area (Å²) in [6, 6.07) is 1.61. The average Bonchev–Trinajstić information content (AvgIpc) is 2.63. The smallest absolute Gasteiger partial charge is 0.0251 e. The third-order valence-corrected chi connectivity index (χ3v) is 5.86. The number of hydrogen-bond donors (Lipinski definition) is 1. The second-order valence-corrected chi connectivity index (χ2v) is 7.00. The fourth-order valence-corrected chi connectivity index (χ4v) is 4.92. The minimum absolute atomic E-state index is 0.783. The van der Waals surface area contributed by atoms with Gasteiger partial charge >= 0.3 is 0 Å². The van der Waals surface area contributed by atoms with E-state index in [0.29, 0.717) is 0 Å². The molecule has 15 heavy (non-hydrogen) atoms. The molecule has 0 aromatic carbocycles. The van der Waals surface area contributed by atoms with Crippen LogP contribution in [0.3, 0.4) is 0 Å². The van der Waals surface area contributed by atoms with Crippen molar-refractivity contribution in [3.05, 3.63) is 0 Å². The van der Waals surface area contributed by atoms with Crippen LogP contribution in [0.1, 0.15) is 38.5 Å². The Morgan fingerprint density at radius 2 is 1.33 bits per heavy atom. The molecule has 1 aliphatic carbocycles. The molecule has 1 heterocycles. The summed E-state index contributed by atoms with van der Waals surface area (Å²) in [6.45, 7) is 0. The Morgan fingerprint density at radius 1 is 0.733 bits per heavy atom. The second kappa shape index (κ2) is 7.08. The van der Waals surface area contributed by atoms with Gasteiger partial charge in [0.25, 0.3) is 0 Å². The standard InChI is InChI=1S/C12H23NS2/c1-2-4-6-11(5-3-1)13-12-9-14-7-8-15-10-12/h11-13H,1-10H2. The van der Waals surface area contributed by atoms with Crippen LogP contribution in [0, 0.1) is 0 Å². The van der Waals surface area contributed by atoms with E-state index < -0.39 is 0 Å². The highest BCUT2D eigenvalue weighted by Crippen LogP contribution is 2.21. The summed E-state index contributed by atoms with van der Waals surface area (Å²) in [4.78, 5) is 0. The lowest BCUT2D eigenvalue weighted by molar-refractivity contribution is 0.428. The van der Waals surface area contributed by atoms with Gasteiger partial charge in [0, 0.05) is 35.1 Å². The fourth-order valence-electron chi connectivity index (χ4n) is 2.49. The molecule has 1 aliphatic heterocycles. The van der Waals surface area contributed by atoms with Crippen LogP contribution in [0.2, 0.25) is 0 Å². The molecule has 1 saturated heterocycles. The molecule has 1 N–H and O–H groups in total. The molecule has 88 valence electrons. The van der Waals surface area contributed by atoms with Crippen LogP contribution in [0.4, 0.5) is 0 Å². The number of thioether (sulfide) groups is 2. The molecule has 2 rings (SSSR count). The molecule has 0 aromatic rings. The largest absolute Gasteiger partial charge is 0.310 e. The number of hydrogen-bond acceptors (Lipinski definition) is 3. The third-order valence-electron chi connectivity index (χ3n) is 3.34. The van der Waals surface area contributed by atoms with E-state index in [1.807, 2.05) is 0 Å². The highest BCUT2D eigenvalue weighted by atomic mass is 32.2. The molecule has 0 spiro atoms. The maximum absolute atomic E-state index is 3.90. The molecule has 0 unspecified atom stereocenters. The Hall–Kier alpha value is 0.660. The minimum atomic E-state index is 0.783. The normalized spacial score (nSPS) is 27.2. The van der Waals surface area contributed by atoms with Gasteiger partial charge in [0.1, 0.15) is 0 Å². The SMILES string of the molecule is C1CCCC(NC2CSCCSC2)CC1. The summed E-state index contributed by atoms with van der Waals surface area (Å²) in [5, 5.41) is 3.90. The van der Waals surface area contributed by atoms with Gasteiger partial charge < -0.3 is 5.32 Å². The van der Waals surface area contributed by atoms with Crippen LogP contribution in [0.5, 0.6) is 0 Å². The quantitative estimate of drug-likeness (QED) is 0.751. The van der Waals surface area contributed by atoms with Gasteiger partial charge in [-0.15, -0.1) is 0 Å².